The molecule has 8 N–H and O–H groups in total. The zero-order valence-electron chi connectivity index (χ0n) is 28.4. The standard InChI is InChI=1S/C32H23N7O15S4/c33-24-15-22-16(11-28(24)56(46,47)48)12-30(58(52,53)54)31(32(22)40)38-37-26-10-9-25(21-7-6-20(14-23(21)26)55(43,44)45)36-35-18-3-1-17(2-4-18)34-27-8-5-19(39(41)42)13-29(27)57(49,50)51/h1-15,34,40H,33H2,(H,43,44,45)(H,46,47,48)(H,49,50,51)(H,52,53,54). The Hall–Kier alpha value is -6.52. The molecule has 26 heteroatoms. The van der Waals surface area contributed by atoms with E-state index in [4.69, 9.17) is 5.73 Å². The number of nitrogen functional groups attached to an aromatic ring is 1. The van der Waals surface area contributed by atoms with E-state index in [1.165, 1.54) is 42.5 Å². The maximum atomic E-state index is 12.4. The number of azo groups is 2. The largest absolute Gasteiger partial charge is 0.505 e. The predicted octanol–water partition coefficient (Wildman–Crippen LogP) is 6.75. The van der Waals surface area contributed by atoms with Crippen LogP contribution in [0.15, 0.2) is 131 Å². The zero-order chi connectivity index (χ0) is 42.5. The van der Waals surface area contributed by atoms with Gasteiger partial charge in [-0.3, -0.25) is 28.3 Å². The molecule has 22 nitrogen and oxygen atoms in total. The minimum Gasteiger partial charge on any atom is -0.505 e. The summed E-state index contributed by atoms with van der Waals surface area (Å²) in [4.78, 5) is 7.05. The first-order valence-corrected chi connectivity index (χ1v) is 21.2. The predicted molar refractivity (Wildman–Crippen MR) is 204 cm³/mol. The molecule has 0 atom stereocenters. The van der Waals surface area contributed by atoms with Crippen molar-refractivity contribution in [2.75, 3.05) is 11.1 Å². The number of non-ortho nitro benzene ring substituents is 1. The summed E-state index contributed by atoms with van der Waals surface area (Å²) in [5, 5.41) is 40.5. The Kier molecular flexibility index (Phi) is 10.5. The summed E-state index contributed by atoms with van der Waals surface area (Å²) < 4.78 is 135. The van der Waals surface area contributed by atoms with E-state index >= 15 is 0 Å². The van der Waals surface area contributed by atoms with Crippen LogP contribution in [-0.4, -0.2) is 61.9 Å². The number of nitro groups is 1. The summed E-state index contributed by atoms with van der Waals surface area (Å²) in [6, 6.07) is 16.8. The molecule has 0 saturated heterocycles. The van der Waals surface area contributed by atoms with Crippen molar-refractivity contribution in [3.63, 3.8) is 0 Å². The molecular weight excluding hydrogens is 851 g/mol. The first-order valence-electron chi connectivity index (χ1n) is 15.5. The third-order valence-electron chi connectivity index (χ3n) is 8.11. The number of fused-ring (bicyclic) bond motifs is 2. The van der Waals surface area contributed by atoms with Crippen LogP contribution in [0, 0.1) is 10.1 Å². The maximum Gasteiger partial charge on any atom is 0.296 e. The van der Waals surface area contributed by atoms with Crippen LogP contribution < -0.4 is 11.1 Å². The van der Waals surface area contributed by atoms with Crippen LogP contribution in [0.1, 0.15) is 0 Å². The average Bonchev–Trinajstić information content (AvgIpc) is 3.12. The van der Waals surface area contributed by atoms with Gasteiger partial charge >= 0.3 is 0 Å². The fraction of sp³-hybridized carbons (Fsp3) is 0. The number of phenols is 1. The Bertz CT molecular complexity index is 3250. The van der Waals surface area contributed by atoms with Crippen molar-refractivity contribution in [3.05, 3.63) is 101 Å². The molecule has 0 aliphatic carbocycles. The monoisotopic (exact) mass is 873 g/mol. The Morgan fingerprint density at radius 2 is 1.17 bits per heavy atom. The van der Waals surface area contributed by atoms with Crippen molar-refractivity contribution < 1.29 is 61.9 Å². The number of hydrogen-bond donors (Lipinski definition) is 7. The Morgan fingerprint density at radius 3 is 1.76 bits per heavy atom. The highest BCUT2D eigenvalue weighted by Crippen LogP contribution is 2.44. The summed E-state index contributed by atoms with van der Waals surface area (Å²) in [6.07, 6.45) is 0. The second kappa shape index (κ2) is 14.8. The van der Waals surface area contributed by atoms with Gasteiger partial charge in [0, 0.05) is 34.0 Å². The smallest absolute Gasteiger partial charge is 0.296 e. The van der Waals surface area contributed by atoms with Gasteiger partial charge in [-0.1, -0.05) is 6.07 Å². The number of nitro benzene ring substituents is 1. The molecule has 0 spiro atoms. The molecule has 0 aliphatic heterocycles. The normalized spacial score (nSPS) is 12.8. The van der Waals surface area contributed by atoms with Crippen molar-refractivity contribution in [3.8, 4) is 5.75 Å². The number of nitrogens with two attached hydrogens (primary N) is 1. The quantitative estimate of drug-likeness (QED) is 0.0232. The lowest BCUT2D eigenvalue weighted by Crippen LogP contribution is -2.04. The van der Waals surface area contributed by atoms with Crippen LogP contribution in [-0.2, 0) is 40.5 Å². The van der Waals surface area contributed by atoms with Crippen LogP contribution in [0.2, 0.25) is 0 Å². The molecule has 0 unspecified atom stereocenters. The summed E-state index contributed by atoms with van der Waals surface area (Å²) in [7, 11) is -19.8. The van der Waals surface area contributed by atoms with E-state index in [2.05, 4.69) is 25.8 Å². The number of aromatic hydroxyl groups is 1. The molecule has 0 aromatic heterocycles. The maximum absolute atomic E-state index is 12.4. The van der Waals surface area contributed by atoms with Gasteiger partial charge in [0.25, 0.3) is 46.2 Å². The number of rotatable bonds is 11. The van der Waals surface area contributed by atoms with Gasteiger partial charge in [0.15, 0.2) is 5.75 Å². The molecule has 6 rings (SSSR count). The minimum absolute atomic E-state index is 0.0525. The number of anilines is 3. The molecule has 0 radical (unpaired) electrons. The van der Waals surface area contributed by atoms with Gasteiger partial charge in [-0.2, -0.15) is 38.8 Å². The molecular formula is C32H23N7O15S4. The van der Waals surface area contributed by atoms with Crippen LogP contribution >= 0.6 is 0 Å². The molecule has 0 aliphatic rings. The van der Waals surface area contributed by atoms with Crippen LogP contribution in [0.3, 0.4) is 0 Å². The van der Waals surface area contributed by atoms with E-state index in [1.807, 2.05) is 0 Å². The Balaban J connectivity index is 1.39. The van der Waals surface area contributed by atoms with E-state index in [0.717, 1.165) is 42.5 Å². The fourth-order valence-electron chi connectivity index (χ4n) is 5.46. The van der Waals surface area contributed by atoms with E-state index < -0.39 is 87.8 Å². The lowest BCUT2D eigenvalue weighted by atomic mass is 10.1. The lowest BCUT2D eigenvalue weighted by molar-refractivity contribution is -0.385. The van der Waals surface area contributed by atoms with Crippen molar-refractivity contribution in [2.45, 2.75) is 19.6 Å². The summed E-state index contributed by atoms with van der Waals surface area (Å²) in [6.45, 7) is 0. The highest BCUT2D eigenvalue weighted by Gasteiger charge is 2.25. The number of benzene rings is 6. The molecule has 6 aromatic rings. The van der Waals surface area contributed by atoms with E-state index in [-0.39, 0.29) is 50.0 Å². The van der Waals surface area contributed by atoms with Crippen molar-refractivity contribution >= 4 is 108 Å². The van der Waals surface area contributed by atoms with E-state index in [9.17, 15) is 67.1 Å². The first-order chi connectivity index (χ1) is 26.9. The second-order valence-electron chi connectivity index (χ2n) is 11.9. The summed E-state index contributed by atoms with van der Waals surface area (Å²) in [5.74, 6) is -0.941. The molecule has 0 fully saturated rings. The van der Waals surface area contributed by atoms with Crippen LogP contribution in [0.25, 0.3) is 21.5 Å². The Labute approximate surface area is 326 Å². The second-order valence-corrected chi connectivity index (χ2v) is 17.5. The lowest BCUT2D eigenvalue weighted by Gasteiger charge is -2.11. The number of hydrogen-bond acceptors (Lipinski definition) is 17. The molecule has 0 heterocycles. The first kappa shape index (κ1) is 41.1. The molecule has 58 heavy (non-hydrogen) atoms. The van der Waals surface area contributed by atoms with Gasteiger partial charge in [0.05, 0.1) is 38.3 Å². The number of phenolic OH excluding ortho intramolecular Hbond substituents is 1. The van der Waals surface area contributed by atoms with Crippen molar-refractivity contribution in [1.29, 1.82) is 0 Å². The zero-order valence-corrected chi connectivity index (χ0v) is 31.7. The van der Waals surface area contributed by atoms with Gasteiger partial charge in [-0.05, 0) is 78.2 Å². The summed E-state index contributed by atoms with van der Waals surface area (Å²) >= 11 is 0. The molecule has 6 aromatic carbocycles. The van der Waals surface area contributed by atoms with Gasteiger partial charge in [0.2, 0.25) is 0 Å². The van der Waals surface area contributed by atoms with Crippen molar-refractivity contribution in [1.82, 2.24) is 0 Å². The van der Waals surface area contributed by atoms with Crippen LogP contribution in [0.4, 0.5) is 45.5 Å². The molecule has 300 valence electrons. The fourth-order valence-corrected chi connectivity index (χ4v) is 7.93. The highest BCUT2D eigenvalue weighted by molar-refractivity contribution is 7.86. The highest BCUT2D eigenvalue weighted by atomic mass is 32.2. The van der Waals surface area contributed by atoms with Gasteiger partial charge in [-0.25, -0.2) is 0 Å². The molecule has 0 bridgehead atoms. The summed E-state index contributed by atoms with van der Waals surface area (Å²) in [5.41, 5.74) is 4.01. The average molecular weight is 874 g/mol. The molecule has 0 saturated carbocycles. The SMILES string of the molecule is Nc1cc2c(O)c(N=Nc3ccc(N=Nc4ccc(Nc5ccc([N+](=O)[O-])cc5S(=O)(=O)O)cc4)c4ccc(S(=O)(=O)O)cc34)c(S(=O)(=O)O)cc2cc1S(=O)(=O)O. The van der Waals surface area contributed by atoms with Gasteiger partial charge < -0.3 is 16.2 Å². The number of nitrogens with one attached hydrogen (secondary N) is 1. The van der Waals surface area contributed by atoms with Crippen molar-refractivity contribution in [2.24, 2.45) is 20.5 Å². The minimum atomic E-state index is -5.21. The number of nitrogens with zero attached hydrogens (tertiary/aromatic N) is 5. The van der Waals surface area contributed by atoms with E-state index in [0.29, 0.717) is 6.07 Å². The van der Waals surface area contributed by atoms with Gasteiger partial charge in [-0.15, -0.1) is 15.3 Å². The molecule has 0 amide bonds. The third-order valence-corrected chi connectivity index (χ3v) is 11.6. The Morgan fingerprint density at radius 1 is 0.586 bits per heavy atom. The topological polar surface area (TPSA) is 368 Å². The van der Waals surface area contributed by atoms with Crippen LogP contribution in [0.5, 0.6) is 5.75 Å². The third kappa shape index (κ3) is 8.57. The van der Waals surface area contributed by atoms with Gasteiger partial charge in [0.1, 0.15) is 20.4 Å². The van der Waals surface area contributed by atoms with E-state index in [1.54, 1.807) is 0 Å².